The van der Waals surface area contributed by atoms with Crippen molar-refractivity contribution in [2.24, 2.45) is 11.7 Å². The maximum Gasteiger partial charge on any atom is 0.227 e. The summed E-state index contributed by atoms with van der Waals surface area (Å²) in [6, 6.07) is 4.19. The van der Waals surface area contributed by atoms with E-state index < -0.39 is 0 Å². The molecule has 2 N–H and O–H groups in total. The van der Waals surface area contributed by atoms with E-state index >= 15 is 0 Å². The second-order valence-corrected chi connectivity index (χ2v) is 7.26. The molecule has 0 bridgehead atoms. The highest BCUT2D eigenvalue weighted by Crippen LogP contribution is 2.33. The van der Waals surface area contributed by atoms with Crippen molar-refractivity contribution < 1.29 is 9.53 Å². The van der Waals surface area contributed by atoms with Crippen molar-refractivity contribution in [1.29, 1.82) is 0 Å². The smallest absolute Gasteiger partial charge is 0.227 e. The van der Waals surface area contributed by atoms with Gasteiger partial charge in [0.1, 0.15) is 5.75 Å². The number of hydrogen-bond donors (Lipinski definition) is 1. The number of aryl methyl sites for hydroxylation is 2. The SMILES string of the molecule is COc1c(C)cc(CN(C)C(=O)C2CCCCC2(C)N)cc1C.Cl. The molecule has 2 rings (SSSR count). The minimum Gasteiger partial charge on any atom is -0.496 e. The number of halogens is 1. The summed E-state index contributed by atoms with van der Waals surface area (Å²) >= 11 is 0. The number of methoxy groups -OCH3 is 1. The van der Waals surface area contributed by atoms with Gasteiger partial charge in [0.25, 0.3) is 0 Å². The van der Waals surface area contributed by atoms with E-state index in [9.17, 15) is 4.79 Å². The first-order valence-corrected chi connectivity index (χ1v) is 8.44. The van der Waals surface area contributed by atoms with E-state index in [1.807, 2.05) is 32.7 Å². The number of nitrogens with two attached hydrogens (primary N) is 1. The van der Waals surface area contributed by atoms with Gasteiger partial charge in [0, 0.05) is 19.1 Å². The molecule has 4 nitrogen and oxygen atoms in total. The predicted octanol–water partition coefficient (Wildman–Crippen LogP) is 3.60. The summed E-state index contributed by atoms with van der Waals surface area (Å²) in [6.07, 6.45) is 4.05. The molecule has 1 aromatic carbocycles. The molecule has 1 fully saturated rings. The van der Waals surface area contributed by atoms with Crippen LogP contribution in [0.4, 0.5) is 0 Å². The van der Waals surface area contributed by atoms with E-state index in [1.165, 1.54) is 0 Å². The fourth-order valence-electron chi connectivity index (χ4n) is 3.83. The number of nitrogens with zero attached hydrogens (tertiary/aromatic N) is 1. The van der Waals surface area contributed by atoms with Gasteiger partial charge in [-0.2, -0.15) is 0 Å². The van der Waals surface area contributed by atoms with Crippen LogP contribution in [0.25, 0.3) is 0 Å². The quantitative estimate of drug-likeness (QED) is 0.898. The average molecular weight is 355 g/mol. The summed E-state index contributed by atoms with van der Waals surface area (Å²) in [4.78, 5) is 14.7. The predicted molar refractivity (Wildman–Crippen MR) is 101 cm³/mol. The molecule has 136 valence electrons. The Morgan fingerprint density at radius 2 is 1.92 bits per heavy atom. The highest BCUT2D eigenvalue weighted by atomic mass is 35.5. The van der Waals surface area contributed by atoms with Crippen LogP contribution in [0.3, 0.4) is 0 Å². The Hall–Kier alpha value is -1.26. The van der Waals surface area contributed by atoms with Gasteiger partial charge in [-0.05, 0) is 50.3 Å². The fourth-order valence-corrected chi connectivity index (χ4v) is 3.83. The number of hydrogen-bond acceptors (Lipinski definition) is 3. The largest absolute Gasteiger partial charge is 0.496 e. The van der Waals surface area contributed by atoms with Crippen molar-refractivity contribution in [2.75, 3.05) is 14.2 Å². The van der Waals surface area contributed by atoms with Gasteiger partial charge in [-0.1, -0.05) is 25.0 Å². The maximum absolute atomic E-state index is 12.8. The molecule has 24 heavy (non-hydrogen) atoms. The highest BCUT2D eigenvalue weighted by molar-refractivity contribution is 5.85. The Bertz CT molecular complexity index is 564. The van der Waals surface area contributed by atoms with Gasteiger partial charge in [0.2, 0.25) is 5.91 Å². The molecule has 0 spiro atoms. The maximum atomic E-state index is 12.8. The van der Waals surface area contributed by atoms with Crippen molar-refractivity contribution in [1.82, 2.24) is 4.90 Å². The van der Waals surface area contributed by atoms with E-state index in [-0.39, 0.29) is 29.8 Å². The number of carbonyl (C=O) groups is 1. The zero-order valence-corrected chi connectivity index (χ0v) is 16.3. The van der Waals surface area contributed by atoms with Crippen LogP contribution in [0.2, 0.25) is 0 Å². The number of ether oxygens (including phenoxy) is 1. The zero-order valence-electron chi connectivity index (χ0n) is 15.5. The molecule has 0 saturated heterocycles. The van der Waals surface area contributed by atoms with Gasteiger partial charge in [0.15, 0.2) is 0 Å². The molecule has 1 aromatic rings. The Balaban J connectivity index is 0.00000288. The molecule has 5 heteroatoms. The Morgan fingerprint density at radius 3 is 2.42 bits per heavy atom. The molecule has 2 unspecified atom stereocenters. The van der Waals surface area contributed by atoms with Gasteiger partial charge in [-0.3, -0.25) is 4.79 Å². The minimum absolute atomic E-state index is 0. The lowest BCUT2D eigenvalue weighted by molar-refractivity contribution is -0.138. The Labute approximate surface area is 152 Å². The van der Waals surface area contributed by atoms with Crippen LogP contribution in [-0.2, 0) is 11.3 Å². The minimum atomic E-state index is -0.380. The molecule has 0 aliphatic heterocycles. The van der Waals surface area contributed by atoms with E-state index in [2.05, 4.69) is 12.1 Å². The first-order valence-electron chi connectivity index (χ1n) is 8.44. The Kier molecular flexibility index (Phi) is 7.11. The van der Waals surface area contributed by atoms with E-state index in [4.69, 9.17) is 10.5 Å². The van der Waals surface area contributed by atoms with E-state index in [1.54, 1.807) is 7.11 Å². The number of amides is 1. The molecule has 1 aliphatic rings. The summed E-state index contributed by atoms with van der Waals surface area (Å²) in [7, 11) is 3.57. The van der Waals surface area contributed by atoms with Crippen LogP contribution in [0.5, 0.6) is 5.75 Å². The zero-order chi connectivity index (χ0) is 17.2. The van der Waals surface area contributed by atoms with Crippen LogP contribution >= 0.6 is 12.4 Å². The lowest BCUT2D eigenvalue weighted by atomic mass is 9.74. The van der Waals surface area contributed by atoms with Gasteiger partial charge < -0.3 is 15.4 Å². The monoisotopic (exact) mass is 354 g/mol. The molecule has 0 radical (unpaired) electrons. The molecular formula is C19H31ClN2O2. The number of carbonyl (C=O) groups excluding carboxylic acids is 1. The summed E-state index contributed by atoms with van der Waals surface area (Å²) in [6.45, 7) is 6.70. The normalized spacial score (nSPS) is 23.3. The highest BCUT2D eigenvalue weighted by Gasteiger charge is 2.39. The lowest BCUT2D eigenvalue weighted by Crippen LogP contribution is -2.53. The van der Waals surface area contributed by atoms with Crippen molar-refractivity contribution in [3.8, 4) is 5.75 Å². The number of rotatable bonds is 4. The van der Waals surface area contributed by atoms with Crippen molar-refractivity contribution in [2.45, 2.75) is 58.5 Å². The van der Waals surface area contributed by atoms with Crippen LogP contribution in [-0.4, -0.2) is 30.5 Å². The van der Waals surface area contributed by atoms with Crippen LogP contribution < -0.4 is 10.5 Å². The summed E-state index contributed by atoms with van der Waals surface area (Å²) < 4.78 is 5.41. The van der Waals surface area contributed by atoms with E-state index in [0.29, 0.717) is 6.54 Å². The van der Waals surface area contributed by atoms with Gasteiger partial charge in [-0.15, -0.1) is 12.4 Å². The van der Waals surface area contributed by atoms with Crippen molar-refractivity contribution in [3.63, 3.8) is 0 Å². The summed E-state index contributed by atoms with van der Waals surface area (Å²) in [5, 5.41) is 0. The van der Waals surface area contributed by atoms with E-state index in [0.717, 1.165) is 48.1 Å². The van der Waals surface area contributed by atoms with Crippen LogP contribution in [0, 0.1) is 19.8 Å². The van der Waals surface area contributed by atoms with Crippen LogP contribution in [0.1, 0.15) is 49.3 Å². The molecule has 0 aromatic heterocycles. The standard InChI is InChI=1S/C19H30N2O2.ClH/c1-13-10-15(11-14(2)17(13)23-5)12-21(4)18(22)16-8-6-7-9-19(16,3)20;/h10-11,16H,6-9,12,20H2,1-5H3;1H. The molecular weight excluding hydrogens is 324 g/mol. The van der Waals surface area contributed by atoms with Gasteiger partial charge in [0.05, 0.1) is 13.0 Å². The third-order valence-corrected chi connectivity index (χ3v) is 5.07. The number of benzene rings is 1. The second-order valence-electron chi connectivity index (χ2n) is 7.26. The van der Waals surface area contributed by atoms with Crippen molar-refractivity contribution >= 4 is 18.3 Å². The molecule has 2 atom stereocenters. The van der Waals surface area contributed by atoms with Gasteiger partial charge >= 0.3 is 0 Å². The first kappa shape index (κ1) is 20.8. The third-order valence-electron chi connectivity index (χ3n) is 5.07. The molecule has 0 heterocycles. The fraction of sp³-hybridized carbons (Fsp3) is 0.632. The molecule has 1 saturated carbocycles. The Morgan fingerprint density at radius 1 is 1.33 bits per heavy atom. The van der Waals surface area contributed by atoms with Crippen molar-refractivity contribution in [3.05, 3.63) is 28.8 Å². The summed E-state index contributed by atoms with van der Waals surface area (Å²) in [5.74, 6) is 1.02. The first-order chi connectivity index (χ1) is 10.8. The second kappa shape index (κ2) is 8.21. The molecule has 1 amide bonds. The summed E-state index contributed by atoms with van der Waals surface area (Å²) in [5.41, 5.74) is 9.33. The average Bonchev–Trinajstić information content (AvgIpc) is 2.45. The van der Waals surface area contributed by atoms with Crippen LogP contribution in [0.15, 0.2) is 12.1 Å². The van der Waals surface area contributed by atoms with Gasteiger partial charge in [-0.25, -0.2) is 0 Å². The topological polar surface area (TPSA) is 55.6 Å². The molecule has 1 aliphatic carbocycles. The third kappa shape index (κ3) is 4.42. The lowest BCUT2D eigenvalue weighted by Gasteiger charge is -2.39.